The number of thiocarbonyl (C=S) groups is 1. The van der Waals surface area contributed by atoms with Crippen molar-refractivity contribution >= 4 is 24.5 Å². The highest BCUT2D eigenvalue weighted by atomic mass is 32.1. The Labute approximate surface area is 76.9 Å². The molecule has 72 valence electrons. The predicted octanol–water partition coefficient (Wildman–Crippen LogP) is -0.400. The molecule has 7 heteroatoms. The topological polar surface area (TPSA) is 72.8 Å². The first-order chi connectivity index (χ1) is 5.34. The van der Waals surface area contributed by atoms with Crippen molar-refractivity contribution in [2.24, 2.45) is 0 Å². The van der Waals surface area contributed by atoms with Gasteiger partial charge in [0.25, 0.3) is 0 Å². The molecule has 0 aliphatic heterocycles. The SMILES string of the molecule is CN(C)CCNC(=S)P(=O)(O)O. The van der Waals surface area contributed by atoms with Gasteiger partial charge in [0.05, 0.1) is 0 Å². The fraction of sp³-hybridized carbons (Fsp3) is 0.800. The van der Waals surface area contributed by atoms with Crippen LogP contribution in [0, 0.1) is 0 Å². The van der Waals surface area contributed by atoms with Crippen molar-refractivity contribution in [3.05, 3.63) is 0 Å². The second-order valence-corrected chi connectivity index (χ2v) is 4.83. The highest BCUT2D eigenvalue weighted by molar-refractivity contribution is 7.97. The van der Waals surface area contributed by atoms with Gasteiger partial charge < -0.3 is 20.0 Å². The van der Waals surface area contributed by atoms with Crippen LogP contribution >= 0.6 is 19.8 Å². The van der Waals surface area contributed by atoms with Crippen LogP contribution in [0.4, 0.5) is 0 Å². The van der Waals surface area contributed by atoms with Crippen molar-refractivity contribution in [2.75, 3.05) is 27.2 Å². The summed E-state index contributed by atoms with van der Waals surface area (Å²) in [4.78, 5) is 19.0. The van der Waals surface area contributed by atoms with E-state index in [1.54, 1.807) is 0 Å². The summed E-state index contributed by atoms with van der Waals surface area (Å²) in [5.41, 5.74) is 0. The summed E-state index contributed by atoms with van der Waals surface area (Å²) in [6.45, 7) is 1.12. The fourth-order valence-electron chi connectivity index (χ4n) is 0.489. The number of nitrogens with one attached hydrogen (secondary N) is 1. The van der Waals surface area contributed by atoms with E-state index >= 15 is 0 Å². The van der Waals surface area contributed by atoms with E-state index in [0.29, 0.717) is 13.1 Å². The number of rotatable bonds is 4. The highest BCUT2D eigenvalue weighted by Crippen LogP contribution is 2.34. The Kier molecular flexibility index (Phi) is 4.89. The van der Waals surface area contributed by atoms with E-state index in [4.69, 9.17) is 9.79 Å². The summed E-state index contributed by atoms with van der Waals surface area (Å²) >= 11 is 4.45. The molecular weight excluding hydrogens is 199 g/mol. The maximum absolute atomic E-state index is 10.5. The van der Waals surface area contributed by atoms with Crippen LogP contribution in [0.5, 0.6) is 0 Å². The Bertz CT molecular complexity index is 203. The Morgan fingerprint density at radius 1 is 1.58 bits per heavy atom. The van der Waals surface area contributed by atoms with Crippen molar-refractivity contribution in [2.45, 2.75) is 0 Å². The molecule has 0 radical (unpaired) electrons. The molecule has 0 saturated heterocycles. The van der Waals surface area contributed by atoms with Crippen LogP contribution in [0.1, 0.15) is 0 Å². The van der Waals surface area contributed by atoms with Gasteiger partial charge in [-0.3, -0.25) is 4.57 Å². The molecule has 0 spiro atoms. The van der Waals surface area contributed by atoms with Gasteiger partial charge in [-0.1, -0.05) is 12.2 Å². The summed E-state index contributed by atoms with van der Waals surface area (Å²) in [6, 6.07) is 0. The third kappa shape index (κ3) is 5.62. The summed E-state index contributed by atoms with van der Waals surface area (Å²) in [7, 11) is -0.488. The second kappa shape index (κ2) is 4.89. The van der Waals surface area contributed by atoms with E-state index in [1.165, 1.54) is 0 Å². The summed E-state index contributed by atoms with van der Waals surface area (Å²) in [6.07, 6.45) is 0. The molecule has 3 N–H and O–H groups in total. The first-order valence-corrected chi connectivity index (χ1v) is 5.35. The smallest absolute Gasteiger partial charge is 0.368 e. The molecule has 0 rings (SSSR count). The van der Waals surface area contributed by atoms with E-state index < -0.39 is 7.60 Å². The molecule has 0 saturated carbocycles. The average Bonchev–Trinajstić information content (AvgIpc) is 1.84. The molecule has 12 heavy (non-hydrogen) atoms. The molecule has 0 fully saturated rings. The molecule has 0 heterocycles. The third-order valence-electron chi connectivity index (χ3n) is 1.10. The van der Waals surface area contributed by atoms with Gasteiger partial charge in [0.1, 0.15) is 0 Å². The monoisotopic (exact) mass is 212 g/mol. The van der Waals surface area contributed by atoms with Crippen molar-refractivity contribution in [1.29, 1.82) is 0 Å². The van der Waals surface area contributed by atoms with Crippen LogP contribution in [0.25, 0.3) is 0 Å². The molecule has 0 amide bonds. The zero-order valence-corrected chi connectivity index (χ0v) is 8.73. The van der Waals surface area contributed by atoms with Crippen LogP contribution in [-0.4, -0.2) is 46.6 Å². The Balaban J connectivity index is 3.67. The van der Waals surface area contributed by atoms with Crippen molar-refractivity contribution in [3.8, 4) is 0 Å². The zero-order chi connectivity index (χ0) is 9.78. The van der Waals surface area contributed by atoms with Gasteiger partial charge in [-0.05, 0) is 14.1 Å². The van der Waals surface area contributed by atoms with E-state index in [0.717, 1.165) is 0 Å². The first-order valence-electron chi connectivity index (χ1n) is 3.32. The van der Waals surface area contributed by atoms with Gasteiger partial charge in [0, 0.05) is 13.1 Å². The first kappa shape index (κ1) is 12.0. The quantitative estimate of drug-likeness (QED) is 0.435. The van der Waals surface area contributed by atoms with Gasteiger partial charge in [-0.15, -0.1) is 0 Å². The van der Waals surface area contributed by atoms with E-state index in [-0.39, 0.29) is 4.73 Å². The van der Waals surface area contributed by atoms with Crippen LogP contribution in [0.15, 0.2) is 0 Å². The summed E-state index contributed by atoms with van der Waals surface area (Å²) < 4.78 is 10.1. The van der Waals surface area contributed by atoms with E-state index in [9.17, 15) is 4.57 Å². The van der Waals surface area contributed by atoms with Crippen molar-refractivity contribution in [3.63, 3.8) is 0 Å². The average molecular weight is 212 g/mol. The third-order valence-corrected chi connectivity index (χ3v) is 2.64. The van der Waals surface area contributed by atoms with Gasteiger partial charge >= 0.3 is 7.60 Å². The lowest BCUT2D eigenvalue weighted by Crippen LogP contribution is -2.30. The molecule has 0 atom stereocenters. The van der Waals surface area contributed by atoms with Crippen LogP contribution in [0.2, 0.25) is 0 Å². The lowest BCUT2D eigenvalue weighted by Gasteiger charge is -2.12. The molecule has 0 aromatic heterocycles. The van der Waals surface area contributed by atoms with Crippen LogP contribution in [0.3, 0.4) is 0 Å². The van der Waals surface area contributed by atoms with E-state index in [2.05, 4.69) is 17.5 Å². The highest BCUT2D eigenvalue weighted by Gasteiger charge is 2.19. The normalized spacial score (nSPS) is 11.8. The summed E-state index contributed by atoms with van der Waals surface area (Å²) in [5.74, 6) is 0. The minimum atomic E-state index is -4.21. The largest absolute Gasteiger partial charge is 0.383 e. The second-order valence-electron chi connectivity index (χ2n) is 2.58. The Morgan fingerprint density at radius 3 is 2.42 bits per heavy atom. The minimum absolute atomic E-state index is 0.385. The molecule has 0 unspecified atom stereocenters. The standard InChI is InChI=1S/C5H13N2O3PS/c1-7(2)4-3-6-5(12)11(8,9)10/h3-4H2,1-2H3,(H,6,12)(H2,8,9,10). The van der Waals surface area contributed by atoms with E-state index in [1.807, 2.05) is 19.0 Å². The number of hydrogen-bond acceptors (Lipinski definition) is 3. The lowest BCUT2D eigenvalue weighted by atomic mass is 10.6. The van der Waals surface area contributed by atoms with Gasteiger partial charge in [-0.2, -0.15) is 0 Å². The number of nitrogens with zero attached hydrogens (tertiary/aromatic N) is 1. The molecule has 0 bridgehead atoms. The van der Waals surface area contributed by atoms with Crippen molar-refractivity contribution < 1.29 is 14.4 Å². The maximum Gasteiger partial charge on any atom is 0.383 e. The van der Waals surface area contributed by atoms with Crippen LogP contribution in [-0.2, 0) is 4.57 Å². The Hall–Kier alpha value is 0.0000000000000000139. The van der Waals surface area contributed by atoms with Crippen LogP contribution < -0.4 is 5.32 Å². The van der Waals surface area contributed by atoms with Gasteiger partial charge in [-0.25, -0.2) is 0 Å². The Morgan fingerprint density at radius 2 is 2.08 bits per heavy atom. The van der Waals surface area contributed by atoms with Gasteiger partial charge in [0.15, 0.2) is 4.73 Å². The molecule has 5 nitrogen and oxygen atoms in total. The minimum Gasteiger partial charge on any atom is -0.368 e. The number of likely N-dealkylation sites (N-methyl/N-ethyl adjacent to an activating group) is 1. The molecule has 0 aromatic carbocycles. The molecule has 0 aliphatic carbocycles. The zero-order valence-electron chi connectivity index (χ0n) is 7.02. The fourth-order valence-corrected chi connectivity index (χ4v) is 0.909. The number of hydrogen-bond donors (Lipinski definition) is 3. The maximum atomic E-state index is 10.5. The molecule has 0 aliphatic rings. The summed E-state index contributed by atoms with van der Waals surface area (Å²) in [5, 5.41) is 2.48. The predicted molar refractivity (Wildman–Crippen MR) is 51.2 cm³/mol. The van der Waals surface area contributed by atoms with Gasteiger partial charge in [0.2, 0.25) is 0 Å². The lowest BCUT2D eigenvalue weighted by molar-refractivity contribution is 0.387. The molecule has 0 aromatic rings. The van der Waals surface area contributed by atoms with Crippen molar-refractivity contribution in [1.82, 2.24) is 10.2 Å². The molecular formula is C5H13N2O3PS.